The number of nitrogens with one attached hydrogen (secondary N) is 1. The number of nitrogens with zero attached hydrogens (tertiary/aromatic N) is 1. The fourth-order valence-corrected chi connectivity index (χ4v) is 2.95. The van der Waals surface area contributed by atoms with E-state index in [1.54, 1.807) is 29.0 Å². The molecule has 0 bridgehead atoms. The Labute approximate surface area is 124 Å². The van der Waals surface area contributed by atoms with Gasteiger partial charge in [-0.05, 0) is 38.1 Å². The molecule has 1 unspecified atom stereocenters. The van der Waals surface area contributed by atoms with Crippen molar-refractivity contribution in [2.75, 3.05) is 7.05 Å². The zero-order valence-electron chi connectivity index (χ0n) is 11.6. The van der Waals surface area contributed by atoms with Crippen LogP contribution in [0.15, 0.2) is 29.8 Å². The molecule has 1 aromatic heterocycles. The number of ether oxygens (including phenoxy) is 1. The van der Waals surface area contributed by atoms with Crippen LogP contribution in [0.25, 0.3) is 0 Å². The molecular weight excluding hydrogens is 301 g/mol. The summed E-state index contributed by atoms with van der Waals surface area (Å²) in [5.74, 6) is -0.207. The molecule has 1 N–H and O–H groups in total. The van der Waals surface area contributed by atoms with E-state index in [4.69, 9.17) is 0 Å². The predicted octanol–water partition coefficient (Wildman–Crippen LogP) is 3.85. The quantitative estimate of drug-likeness (QED) is 0.910. The highest BCUT2D eigenvalue weighted by Gasteiger charge is 2.31. The molecule has 0 spiro atoms. The van der Waals surface area contributed by atoms with Gasteiger partial charge in [-0.15, -0.1) is 24.5 Å². The summed E-state index contributed by atoms with van der Waals surface area (Å²) in [5.41, 5.74) is 3.68. The number of likely N-dealkylation sites (N-methyl/N-ethyl adjacent to an activating group) is 1. The van der Waals surface area contributed by atoms with Gasteiger partial charge in [0, 0.05) is 10.9 Å². The third-order valence-electron chi connectivity index (χ3n) is 3.04. The Morgan fingerprint density at radius 3 is 2.43 bits per heavy atom. The van der Waals surface area contributed by atoms with Crippen molar-refractivity contribution in [3.05, 3.63) is 45.9 Å². The highest BCUT2D eigenvalue weighted by Crippen LogP contribution is 2.27. The van der Waals surface area contributed by atoms with E-state index in [0.717, 1.165) is 16.1 Å². The molecule has 0 amide bonds. The van der Waals surface area contributed by atoms with Gasteiger partial charge in [-0.3, -0.25) is 0 Å². The Kier molecular flexibility index (Phi) is 4.84. The van der Waals surface area contributed by atoms with Gasteiger partial charge in [0.1, 0.15) is 5.75 Å². The first kappa shape index (κ1) is 15.8. The van der Waals surface area contributed by atoms with Crippen LogP contribution in [0.2, 0.25) is 0 Å². The zero-order chi connectivity index (χ0) is 15.5. The SMILES string of the molecule is CNC(Cc1ccc(OC(F)(F)F)cc1)c1scnc1C. The maximum atomic E-state index is 12.1. The van der Waals surface area contributed by atoms with Gasteiger partial charge in [0.2, 0.25) is 0 Å². The molecule has 0 aliphatic carbocycles. The molecule has 0 saturated carbocycles. The zero-order valence-corrected chi connectivity index (χ0v) is 12.4. The van der Waals surface area contributed by atoms with Crippen molar-refractivity contribution in [3.63, 3.8) is 0 Å². The van der Waals surface area contributed by atoms with E-state index in [1.807, 2.05) is 14.0 Å². The van der Waals surface area contributed by atoms with Crippen molar-refractivity contribution in [1.82, 2.24) is 10.3 Å². The summed E-state index contributed by atoms with van der Waals surface area (Å²) >= 11 is 1.57. The maximum absolute atomic E-state index is 12.1. The van der Waals surface area contributed by atoms with Crippen molar-refractivity contribution >= 4 is 11.3 Å². The number of halogens is 3. The highest BCUT2D eigenvalue weighted by molar-refractivity contribution is 7.09. The van der Waals surface area contributed by atoms with E-state index in [2.05, 4.69) is 15.0 Å². The number of thiazole rings is 1. The van der Waals surface area contributed by atoms with Crippen LogP contribution < -0.4 is 10.1 Å². The normalized spacial score (nSPS) is 13.2. The lowest BCUT2D eigenvalue weighted by atomic mass is 10.0. The first-order valence-electron chi connectivity index (χ1n) is 6.31. The lowest BCUT2D eigenvalue weighted by Crippen LogP contribution is -2.19. The van der Waals surface area contributed by atoms with E-state index >= 15 is 0 Å². The van der Waals surface area contributed by atoms with Crippen LogP contribution in [-0.2, 0) is 6.42 Å². The van der Waals surface area contributed by atoms with Gasteiger partial charge in [-0.1, -0.05) is 12.1 Å². The minimum Gasteiger partial charge on any atom is -0.406 e. The largest absolute Gasteiger partial charge is 0.573 e. The van der Waals surface area contributed by atoms with Crippen LogP contribution in [-0.4, -0.2) is 18.4 Å². The molecule has 2 rings (SSSR count). The Morgan fingerprint density at radius 2 is 1.95 bits per heavy atom. The lowest BCUT2D eigenvalue weighted by molar-refractivity contribution is -0.274. The topological polar surface area (TPSA) is 34.1 Å². The molecule has 0 saturated heterocycles. The third-order valence-corrected chi connectivity index (χ3v) is 4.09. The standard InChI is InChI=1S/C14H15F3N2OS/c1-9-13(21-8-19-9)12(18-2)7-10-3-5-11(6-4-10)20-14(15,16)17/h3-6,8,12,18H,7H2,1-2H3. The molecule has 114 valence electrons. The molecule has 1 aromatic carbocycles. The summed E-state index contributed by atoms with van der Waals surface area (Å²) in [7, 11) is 1.85. The Bertz CT molecular complexity index is 581. The second-order valence-electron chi connectivity index (χ2n) is 4.54. The summed E-state index contributed by atoms with van der Waals surface area (Å²) in [6.45, 7) is 1.94. The van der Waals surface area contributed by atoms with Gasteiger partial charge < -0.3 is 10.1 Å². The second-order valence-corrected chi connectivity index (χ2v) is 5.43. The highest BCUT2D eigenvalue weighted by atomic mass is 32.1. The van der Waals surface area contributed by atoms with E-state index < -0.39 is 6.36 Å². The van der Waals surface area contributed by atoms with Gasteiger partial charge in [-0.25, -0.2) is 4.98 Å². The monoisotopic (exact) mass is 316 g/mol. The number of hydrogen-bond donors (Lipinski definition) is 1. The van der Waals surface area contributed by atoms with Crippen molar-refractivity contribution in [2.24, 2.45) is 0 Å². The molecule has 0 aliphatic heterocycles. The summed E-state index contributed by atoms with van der Waals surface area (Å²) in [6, 6.07) is 6.03. The predicted molar refractivity (Wildman–Crippen MR) is 75.5 cm³/mol. The smallest absolute Gasteiger partial charge is 0.406 e. The Balaban J connectivity index is 2.07. The van der Waals surface area contributed by atoms with E-state index in [1.165, 1.54) is 12.1 Å². The van der Waals surface area contributed by atoms with Crippen molar-refractivity contribution in [2.45, 2.75) is 25.7 Å². The van der Waals surface area contributed by atoms with Crippen LogP contribution in [0.5, 0.6) is 5.75 Å². The number of aryl methyl sites for hydroxylation is 1. The van der Waals surface area contributed by atoms with Crippen LogP contribution >= 0.6 is 11.3 Å². The van der Waals surface area contributed by atoms with Gasteiger partial charge in [0.15, 0.2) is 0 Å². The average Bonchev–Trinajstić information content (AvgIpc) is 2.82. The third kappa shape index (κ3) is 4.44. The molecule has 0 aliphatic rings. The number of rotatable bonds is 5. The van der Waals surface area contributed by atoms with Gasteiger partial charge in [-0.2, -0.15) is 0 Å². The maximum Gasteiger partial charge on any atom is 0.573 e. The van der Waals surface area contributed by atoms with Crippen molar-refractivity contribution in [3.8, 4) is 5.75 Å². The van der Waals surface area contributed by atoms with E-state index in [-0.39, 0.29) is 11.8 Å². The molecule has 1 atom stereocenters. The Hall–Kier alpha value is -1.60. The molecule has 21 heavy (non-hydrogen) atoms. The van der Waals surface area contributed by atoms with Crippen LogP contribution in [0, 0.1) is 6.92 Å². The number of aromatic nitrogens is 1. The number of alkyl halides is 3. The second kappa shape index (κ2) is 6.44. The molecule has 3 nitrogen and oxygen atoms in total. The van der Waals surface area contributed by atoms with E-state index in [0.29, 0.717) is 6.42 Å². The van der Waals surface area contributed by atoms with Gasteiger partial charge in [0.25, 0.3) is 0 Å². The van der Waals surface area contributed by atoms with Gasteiger partial charge in [0.05, 0.1) is 11.2 Å². The number of benzene rings is 1. The first-order chi connectivity index (χ1) is 9.89. The van der Waals surface area contributed by atoms with Crippen LogP contribution in [0.1, 0.15) is 22.2 Å². The van der Waals surface area contributed by atoms with Crippen molar-refractivity contribution < 1.29 is 17.9 Å². The first-order valence-corrected chi connectivity index (χ1v) is 7.19. The minimum absolute atomic E-state index is 0.0897. The molecule has 2 aromatic rings. The summed E-state index contributed by atoms with van der Waals surface area (Å²) in [6.07, 6.45) is -3.99. The van der Waals surface area contributed by atoms with Crippen LogP contribution in [0.3, 0.4) is 0 Å². The summed E-state index contributed by atoms with van der Waals surface area (Å²) < 4.78 is 40.2. The Morgan fingerprint density at radius 1 is 1.29 bits per heavy atom. The molecule has 0 radical (unpaired) electrons. The number of hydrogen-bond acceptors (Lipinski definition) is 4. The van der Waals surface area contributed by atoms with Crippen molar-refractivity contribution in [1.29, 1.82) is 0 Å². The molecule has 7 heteroatoms. The molecule has 1 heterocycles. The lowest BCUT2D eigenvalue weighted by Gasteiger charge is -2.16. The summed E-state index contributed by atoms with van der Waals surface area (Å²) in [5, 5.41) is 3.21. The van der Waals surface area contributed by atoms with E-state index in [9.17, 15) is 13.2 Å². The van der Waals surface area contributed by atoms with Crippen LogP contribution in [0.4, 0.5) is 13.2 Å². The fraction of sp³-hybridized carbons (Fsp3) is 0.357. The van der Waals surface area contributed by atoms with Gasteiger partial charge >= 0.3 is 6.36 Å². The minimum atomic E-state index is -4.66. The average molecular weight is 316 g/mol. The summed E-state index contributed by atoms with van der Waals surface area (Å²) in [4.78, 5) is 5.35. The fourth-order valence-electron chi connectivity index (χ4n) is 2.03. The molecule has 0 fully saturated rings. The molecular formula is C14H15F3N2OS.